The van der Waals surface area contributed by atoms with Gasteiger partial charge in [-0.05, 0) is 32.7 Å². The third-order valence-corrected chi connectivity index (χ3v) is 2.99. The molecule has 1 rings (SSSR count). The predicted molar refractivity (Wildman–Crippen MR) is 51.5 cm³/mol. The third-order valence-electron chi connectivity index (χ3n) is 2.22. The van der Waals surface area contributed by atoms with Crippen molar-refractivity contribution in [1.29, 1.82) is 5.41 Å². The van der Waals surface area contributed by atoms with Crippen molar-refractivity contribution in [2.75, 3.05) is 26.4 Å². The number of nitrogens with one attached hydrogen (secondary N) is 1. The second-order valence-electron chi connectivity index (χ2n) is 3.17. The van der Waals surface area contributed by atoms with Crippen LogP contribution >= 0.6 is 11.8 Å². The molecule has 1 heterocycles. The van der Waals surface area contributed by atoms with E-state index in [1.807, 2.05) is 6.26 Å². The Hall–Kier alpha value is -0.0200. The van der Waals surface area contributed by atoms with E-state index in [1.165, 1.54) is 19.4 Å². The number of rotatable bonds is 1. The lowest BCUT2D eigenvalue weighted by Gasteiger charge is -2.29. The van der Waals surface area contributed by atoms with Gasteiger partial charge >= 0.3 is 0 Å². The largest absolute Gasteiger partial charge is 0.306 e. The second kappa shape index (κ2) is 4.12. The lowest BCUT2D eigenvalue weighted by Crippen LogP contribution is -2.34. The number of thioether (sulfide) groups is 1. The normalized spacial score (nSPS) is 26.9. The summed E-state index contributed by atoms with van der Waals surface area (Å²) in [6.07, 6.45) is 4.46. The van der Waals surface area contributed by atoms with Crippen LogP contribution in [0.2, 0.25) is 0 Å². The summed E-state index contributed by atoms with van der Waals surface area (Å²) in [5.74, 6) is 0.517. The Balaban J connectivity index is 2.39. The van der Waals surface area contributed by atoms with Gasteiger partial charge in [0.25, 0.3) is 0 Å². The zero-order chi connectivity index (χ0) is 8.27. The molecule has 0 radical (unpaired) electrons. The average Bonchev–Trinajstić information content (AvgIpc) is 2.03. The number of hydrogen-bond donors (Lipinski definition) is 1. The molecular weight excluding hydrogens is 156 g/mol. The molecule has 1 N–H and O–H groups in total. The summed E-state index contributed by atoms with van der Waals surface area (Å²) in [4.78, 5) is 2.32. The quantitative estimate of drug-likeness (QED) is 0.481. The topological polar surface area (TPSA) is 27.1 Å². The van der Waals surface area contributed by atoms with Gasteiger partial charge in [0, 0.05) is 12.5 Å². The molecule has 0 aromatic heterocycles. The van der Waals surface area contributed by atoms with E-state index < -0.39 is 0 Å². The van der Waals surface area contributed by atoms with Crippen LogP contribution in [0.15, 0.2) is 0 Å². The van der Waals surface area contributed by atoms with Gasteiger partial charge in [-0.15, -0.1) is 11.8 Å². The first-order valence-corrected chi connectivity index (χ1v) is 5.27. The molecule has 11 heavy (non-hydrogen) atoms. The standard InChI is InChI=1S/C8H16N2S/c1-10-5-3-4-7(6-10)8(9)11-2/h7,9H,3-6H2,1-2H3. The molecule has 1 aliphatic rings. The molecule has 1 unspecified atom stereocenters. The minimum Gasteiger partial charge on any atom is -0.306 e. The first-order valence-electron chi connectivity index (χ1n) is 4.05. The fourth-order valence-electron chi connectivity index (χ4n) is 1.55. The van der Waals surface area contributed by atoms with Crippen molar-refractivity contribution in [1.82, 2.24) is 4.90 Å². The second-order valence-corrected chi connectivity index (χ2v) is 4.02. The van der Waals surface area contributed by atoms with E-state index in [2.05, 4.69) is 11.9 Å². The van der Waals surface area contributed by atoms with Crippen LogP contribution in [-0.4, -0.2) is 36.3 Å². The summed E-state index contributed by atoms with van der Waals surface area (Å²) < 4.78 is 0. The Bertz CT molecular complexity index is 147. The van der Waals surface area contributed by atoms with Crippen LogP contribution in [0.1, 0.15) is 12.8 Å². The van der Waals surface area contributed by atoms with Crippen molar-refractivity contribution < 1.29 is 0 Å². The van der Waals surface area contributed by atoms with Gasteiger partial charge in [0.15, 0.2) is 0 Å². The Labute approximate surface area is 72.9 Å². The molecule has 0 spiro atoms. The highest BCUT2D eigenvalue weighted by atomic mass is 32.2. The van der Waals surface area contributed by atoms with Crippen LogP contribution in [0, 0.1) is 11.3 Å². The van der Waals surface area contributed by atoms with Crippen LogP contribution in [0.3, 0.4) is 0 Å². The summed E-state index contributed by atoms with van der Waals surface area (Å²) in [6.45, 7) is 2.29. The van der Waals surface area contributed by atoms with E-state index in [-0.39, 0.29) is 0 Å². The number of likely N-dealkylation sites (tertiary alicyclic amines) is 1. The van der Waals surface area contributed by atoms with Crippen LogP contribution in [-0.2, 0) is 0 Å². The maximum absolute atomic E-state index is 7.66. The number of nitrogens with zero attached hydrogens (tertiary/aromatic N) is 1. The highest BCUT2D eigenvalue weighted by Gasteiger charge is 2.20. The summed E-state index contributed by atoms with van der Waals surface area (Å²) in [5.41, 5.74) is 0. The van der Waals surface area contributed by atoms with Crippen LogP contribution < -0.4 is 0 Å². The lowest BCUT2D eigenvalue weighted by atomic mass is 10.00. The highest BCUT2D eigenvalue weighted by Crippen LogP contribution is 2.20. The Kier molecular flexibility index (Phi) is 3.40. The summed E-state index contributed by atoms with van der Waals surface area (Å²) in [5, 5.41) is 8.52. The molecule has 0 aliphatic carbocycles. The number of hydrogen-bond acceptors (Lipinski definition) is 3. The van der Waals surface area contributed by atoms with Gasteiger partial charge < -0.3 is 4.90 Å². The predicted octanol–water partition coefficient (Wildman–Crippen LogP) is 1.67. The summed E-state index contributed by atoms with van der Waals surface area (Å²) in [7, 11) is 2.14. The number of piperidine rings is 1. The fourth-order valence-corrected chi connectivity index (χ4v) is 2.07. The zero-order valence-electron chi connectivity index (χ0n) is 7.26. The minimum absolute atomic E-state index is 0.517. The average molecular weight is 172 g/mol. The highest BCUT2D eigenvalue weighted by molar-refractivity contribution is 8.13. The van der Waals surface area contributed by atoms with E-state index >= 15 is 0 Å². The molecule has 1 fully saturated rings. The molecule has 1 saturated heterocycles. The van der Waals surface area contributed by atoms with Gasteiger partial charge in [-0.25, -0.2) is 0 Å². The van der Waals surface area contributed by atoms with Crippen molar-refractivity contribution >= 4 is 16.8 Å². The van der Waals surface area contributed by atoms with Gasteiger partial charge in [-0.3, -0.25) is 5.41 Å². The van der Waals surface area contributed by atoms with E-state index in [0.29, 0.717) is 5.92 Å². The summed E-state index contributed by atoms with van der Waals surface area (Å²) >= 11 is 1.59. The van der Waals surface area contributed by atoms with Crippen LogP contribution in [0.4, 0.5) is 0 Å². The van der Waals surface area contributed by atoms with E-state index in [0.717, 1.165) is 11.6 Å². The Morgan fingerprint density at radius 2 is 2.36 bits per heavy atom. The fraction of sp³-hybridized carbons (Fsp3) is 0.875. The first kappa shape index (κ1) is 9.07. The van der Waals surface area contributed by atoms with Crippen molar-refractivity contribution in [2.24, 2.45) is 5.92 Å². The molecule has 64 valence electrons. The molecule has 0 bridgehead atoms. The smallest absolute Gasteiger partial charge is 0.0682 e. The monoisotopic (exact) mass is 172 g/mol. The third kappa shape index (κ3) is 2.49. The maximum atomic E-state index is 7.66. The summed E-state index contributed by atoms with van der Waals surface area (Å²) in [6, 6.07) is 0. The van der Waals surface area contributed by atoms with Crippen LogP contribution in [0.25, 0.3) is 0 Å². The molecule has 0 aromatic carbocycles. The van der Waals surface area contributed by atoms with Crippen molar-refractivity contribution in [3.63, 3.8) is 0 Å². The van der Waals surface area contributed by atoms with Gasteiger partial charge in [-0.2, -0.15) is 0 Å². The van der Waals surface area contributed by atoms with Gasteiger partial charge in [-0.1, -0.05) is 0 Å². The van der Waals surface area contributed by atoms with Crippen molar-refractivity contribution in [2.45, 2.75) is 12.8 Å². The van der Waals surface area contributed by atoms with Gasteiger partial charge in [0.1, 0.15) is 0 Å². The minimum atomic E-state index is 0.517. The molecule has 0 aromatic rings. The van der Waals surface area contributed by atoms with Gasteiger partial charge in [0.05, 0.1) is 5.04 Å². The van der Waals surface area contributed by atoms with E-state index in [1.54, 1.807) is 11.8 Å². The van der Waals surface area contributed by atoms with Gasteiger partial charge in [0.2, 0.25) is 0 Å². The van der Waals surface area contributed by atoms with Crippen LogP contribution in [0.5, 0.6) is 0 Å². The van der Waals surface area contributed by atoms with E-state index in [4.69, 9.17) is 5.41 Å². The molecule has 0 amide bonds. The molecule has 2 nitrogen and oxygen atoms in total. The molecule has 3 heteroatoms. The maximum Gasteiger partial charge on any atom is 0.0682 e. The van der Waals surface area contributed by atoms with Crippen molar-refractivity contribution in [3.8, 4) is 0 Å². The zero-order valence-corrected chi connectivity index (χ0v) is 8.08. The Morgan fingerprint density at radius 3 is 2.91 bits per heavy atom. The van der Waals surface area contributed by atoms with Crippen molar-refractivity contribution in [3.05, 3.63) is 0 Å². The Morgan fingerprint density at radius 1 is 1.64 bits per heavy atom. The molecule has 0 saturated carbocycles. The van der Waals surface area contributed by atoms with E-state index in [9.17, 15) is 0 Å². The molecular formula is C8H16N2S. The SMILES string of the molecule is CSC(=N)C1CCCN(C)C1. The lowest BCUT2D eigenvalue weighted by molar-refractivity contribution is 0.248. The first-order chi connectivity index (χ1) is 5.24. The molecule has 1 atom stereocenters. The molecule has 1 aliphatic heterocycles.